The molecule has 21 heavy (non-hydrogen) atoms. The monoisotopic (exact) mass is 327 g/mol. The molecule has 1 aromatic heterocycles. The van der Waals surface area contributed by atoms with E-state index in [4.69, 9.17) is 0 Å². The first-order chi connectivity index (χ1) is 9.53. The van der Waals surface area contributed by atoms with Crippen LogP contribution in [0, 0.1) is 0 Å². The lowest BCUT2D eigenvalue weighted by molar-refractivity contribution is -0.143. The number of hydrogen-bond acceptors (Lipinski definition) is 5. The smallest absolute Gasteiger partial charge is 0.431 e. The van der Waals surface area contributed by atoms with E-state index in [2.05, 4.69) is 4.74 Å². The Kier molecular flexibility index (Phi) is 4.82. The van der Waals surface area contributed by atoms with Gasteiger partial charge in [-0.25, -0.2) is 13.2 Å². The molecule has 0 amide bonds. The number of alkyl halides is 3. The summed E-state index contributed by atoms with van der Waals surface area (Å²) in [6.45, 7) is 1.23. The predicted molar refractivity (Wildman–Crippen MR) is 66.5 cm³/mol. The second kappa shape index (κ2) is 5.88. The molecule has 0 atom stereocenters. The van der Waals surface area contributed by atoms with Crippen molar-refractivity contribution in [1.82, 2.24) is 4.57 Å². The van der Waals surface area contributed by atoms with Gasteiger partial charge in [-0.15, -0.1) is 0 Å². The van der Waals surface area contributed by atoms with E-state index < -0.39 is 50.4 Å². The van der Waals surface area contributed by atoms with Crippen LogP contribution in [0.2, 0.25) is 0 Å². The van der Waals surface area contributed by atoms with Gasteiger partial charge in [-0.3, -0.25) is 9.36 Å². The Labute approximate surface area is 118 Å². The molecule has 1 aromatic rings. The Bertz CT molecular complexity index is 706. The standard InChI is InChI=1S/C11H12F3NO5S/c1-3-21(18,19)6-15-8(11(12,13)14)5-4-7(9(15)16)10(17)20-2/h4-5H,3,6H2,1-2H3. The van der Waals surface area contributed by atoms with Crippen molar-refractivity contribution in [2.24, 2.45) is 0 Å². The number of methoxy groups -OCH3 is 1. The molecule has 0 saturated heterocycles. The highest BCUT2D eigenvalue weighted by atomic mass is 32.2. The van der Waals surface area contributed by atoms with Crippen LogP contribution in [0.1, 0.15) is 23.0 Å². The lowest BCUT2D eigenvalue weighted by Crippen LogP contribution is -2.34. The van der Waals surface area contributed by atoms with Gasteiger partial charge in [-0.2, -0.15) is 13.2 Å². The van der Waals surface area contributed by atoms with Gasteiger partial charge in [0.25, 0.3) is 5.56 Å². The van der Waals surface area contributed by atoms with Crippen LogP contribution in [0.3, 0.4) is 0 Å². The summed E-state index contributed by atoms with van der Waals surface area (Å²) in [5, 5.41) is 0. The molecule has 0 fully saturated rings. The second-order valence-corrected chi connectivity index (χ2v) is 6.34. The SMILES string of the molecule is CCS(=O)(=O)Cn1c(C(F)(F)F)ccc(C(=O)OC)c1=O. The molecule has 0 bridgehead atoms. The lowest BCUT2D eigenvalue weighted by Gasteiger charge is -2.15. The molecule has 0 unspecified atom stereocenters. The highest BCUT2D eigenvalue weighted by Crippen LogP contribution is 2.28. The van der Waals surface area contributed by atoms with Gasteiger partial charge < -0.3 is 4.74 Å². The molecule has 118 valence electrons. The summed E-state index contributed by atoms with van der Waals surface area (Å²) < 4.78 is 65.9. The van der Waals surface area contributed by atoms with Crippen LogP contribution < -0.4 is 5.56 Å². The van der Waals surface area contributed by atoms with Crippen LogP contribution in [0.25, 0.3) is 0 Å². The zero-order chi connectivity index (χ0) is 16.4. The molecule has 1 heterocycles. The molecule has 0 aliphatic carbocycles. The fourth-order valence-corrected chi connectivity index (χ4v) is 2.34. The predicted octanol–water partition coefficient (Wildman–Crippen LogP) is 1.05. The summed E-state index contributed by atoms with van der Waals surface area (Å²) in [5.41, 5.74) is -3.48. The molecular formula is C11H12F3NO5S. The Morgan fingerprint density at radius 3 is 2.33 bits per heavy atom. The highest BCUT2D eigenvalue weighted by molar-refractivity contribution is 7.90. The summed E-state index contributed by atoms with van der Waals surface area (Å²) >= 11 is 0. The van der Waals surface area contributed by atoms with Gasteiger partial charge in [-0.1, -0.05) is 6.92 Å². The number of aromatic nitrogens is 1. The summed E-state index contributed by atoms with van der Waals surface area (Å²) in [7, 11) is -2.97. The summed E-state index contributed by atoms with van der Waals surface area (Å²) in [6.07, 6.45) is -4.93. The van der Waals surface area contributed by atoms with Crippen LogP contribution in [-0.4, -0.2) is 31.8 Å². The number of hydrogen-bond donors (Lipinski definition) is 0. The maximum Gasteiger partial charge on any atom is 0.431 e. The number of pyridine rings is 1. The minimum absolute atomic E-state index is 0.0189. The lowest BCUT2D eigenvalue weighted by atomic mass is 10.2. The van der Waals surface area contributed by atoms with Crippen molar-refractivity contribution in [2.45, 2.75) is 19.0 Å². The summed E-state index contributed by atoms with van der Waals surface area (Å²) in [4.78, 5) is 23.2. The van der Waals surface area contributed by atoms with Gasteiger partial charge in [0.15, 0.2) is 9.84 Å². The molecule has 0 radical (unpaired) electrons. The number of ether oxygens (including phenoxy) is 1. The molecular weight excluding hydrogens is 315 g/mol. The molecule has 0 aliphatic heterocycles. The van der Waals surface area contributed by atoms with Gasteiger partial charge in [0, 0.05) is 5.75 Å². The fraction of sp³-hybridized carbons (Fsp3) is 0.455. The van der Waals surface area contributed by atoms with Gasteiger partial charge in [0.1, 0.15) is 17.1 Å². The third-order valence-electron chi connectivity index (χ3n) is 2.64. The number of nitrogens with zero attached hydrogens (tertiary/aromatic N) is 1. The average Bonchev–Trinajstić information content (AvgIpc) is 2.38. The number of rotatable bonds is 4. The van der Waals surface area contributed by atoms with Crippen molar-refractivity contribution in [3.63, 3.8) is 0 Å². The molecule has 10 heteroatoms. The number of sulfone groups is 1. The van der Waals surface area contributed by atoms with E-state index in [0.29, 0.717) is 12.1 Å². The van der Waals surface area contributed by atoms with Crippen LogP contribution in [0.4, 0.5) is 13.2 Å². The maximum absolute atomic E-state index is 12.9. The van der Waals surface area contributed by atoms with E-state index in [1.165, 1.54) is 6.92 Å². The molecule has 0 saturated carbocycles. The van der Waals surface area contributed by atoms with Crippen molar-refractivity contribution in [3.05, 3.63) is 33.7 Å². The molecule has 6 nitrogen and oxygen atoms in total. The number of esters is 1. The highest BCUT2D eigenvalue weighted by Gasteiger charge is 2.36. The number of carbonyl (C=O) groups excluding carboxylic acids is 1. The topological polar surface area (TPSA) is 82.4 Å². The zero-order valence-corrected chi connectivity index (χ0v) is 11.9. The quantitative estimate of drug-likeness (QED) is 0.772. The Hall–Kier alpha value is -1.84. The van der Waals surface area contributed by atoms with Crippen LogP contribution in [0.15, 0.2) is 16.9 Å². The van der Waals surface area contributed by atoms with E-state index in [1.54, 1.807) is 0 Å². The van der Waals surface area contributed by atoms with Crippen molar-refractivity contribution in [2.75, 3.05) is 12.9 Å². The van der Waals surface area contributed by atoms with Crippen LogP contribution in [0.5, 0.6) is 0 Å². The molecule has 0 spiro atoms. The van der Waals surface area contributed by atoms with E-state index >= 15 is 0 Å². The van der Waals surface area contributed by atoms with Gasteiger partial charge in [-0.05, 0) is 12.1 Å². The van der Waals surface area contributed by atoms with E-state index in [1.807, 2.05) is 0 Å². The van der Waals surface area contributed by atoms with Crippen molar-refractivity contribution in [3.8, 4) is 0 Å². The van der Waals surface area contributed by atoms with Crippen LogP contribution >= 0.6 is 0 Å². The maximum atomic E-state index is 12.9. The Morgan fingerprint density at radius 1 is 1.33 bits per heavy atom. The van der Waals surface area contributed by atoms with Gasteiger partial charge in [0.05, 0.1) is 7.11 Å². The first-order valence-electron chi connectivity index (χ1n) is 5.63. The molecule has 0 aliphatic rings. The third-order valence-corrected chi connectivity index (χ3v) is 4.17. The first kappa shape index (κ1) is 17.2. The van der Waals surface area contributed by atoms with Crippen LogP contribution in [-0.2, 0) is 26.6 Å². The van der Waals surface area contributed by atoms with E-state index in [9.17, 15) is 31.2 Å². The largest absolute Gasteiger partial charge is 0.465 e. The third kappa shape index (κ3) is 3.84. The minimum Gasteiger partial charge on any atom is -0.465 e. The van der Waals surface area contributed by atoms with E-state index in [0.717, 1.165) is 7.11 Å². The minimum atomic E-state index is -4.93. The van der Waals surface area contributed by atoms with Crippen molar-refractivity contribution >= 4 is 15.8 Å². The number of carbonyl (C=O) groups is 1. The Morgan fingerprint density at radius 2 is 1.90 bits per heavy atom. The van der Waals surface area contributed by atoms with Gasteiger partial charge in [0.2, 0.25) is 0 Å². The van der Waals surface area contributed by atoms with Crippen molar-refractivity contribution < 1.29 is 31.1 Å². The molecule has 0 aromatic carbocycles. The average molecular weight is 327 g/mol. The summed E-state index contributed by atoms with van der Waals surface area (Å²) in [6, 6.07) is 1.13. The molecule has 1 rings (SSSR count). The second-order valence-electron chi connectivity index (χ2n) is 4.02. The van der Waals surface area contributed by atoms with Gasteiger partial charge >= 0.3 is 12.1 Å². The fourth-order valence-electron chi connectivity index (χ4n) is 1.51. The molecule has 0 N–H and O–H groups in total. The Balaban J connectivity index is 3.62. The first-order valence-corrected chi connectivity index (χ1v) is 7.45. The van der Waals surface area contributed by atoms with Crippen molar-refractivity contribution in [1.29, 1.82) is 0 Å². The number of halogens is 3. The van der Waals surface area contributed by atoms with E-state index in [-0.39, 0.29) is 4.57 Å². The normalized spacial score (nSPS) is 12.2. The zero-order valence-electron chi connectivity index (χ0n) is 11.1. The summed E-state index contributed by atoms with van der Waals surface area (Å²) in [5.74, 6) is -2.75.